The average Bonchev–Trinajstić information content (AvgIpc) is 2.47. The van der Waals surface area contributed by atoms with Gasteiger partial charge >= 0.3 is 0 Å². The highest BCUT2D eigenvalue weighted by Crippen LogP contribution is 2.11. The molecule has 5 nitrogen and oxygen atoms in total. The van der Waals surface area contributed by atoms with Crippen molar-refractivity contribution in [1.29, 1.82) is 0 Å². The summed E-state index contributed by atoms with van der Waals surface area (Å²) in [5.74, 6) is 0.444. The molecule has 19 heavy (non-hydrogen) atoms. The van der Waals surface area contributed by atoms with Crippen molar-refractivity contribution in [2.75, 3.05) is 19.8 Å². The normalized spacial score (nSPS) is 15.8. The standard InChI is InChI=1S/C14H17NO4/c16-9-11-1-3-13(4-2-11)19-10-14(17)15-12-5-7-18-8-6-12/h1-4,9,12H,5-8,10H2,(H,15,17). The van der Waals surface area contributed by atoms with E-state index in [1.165, 1.54) is 0 Å². The number of hydrogen-bond acceptors (Lipinski definition) is 4. The number of amides is 1. The highest BCUT2D eigenvalue weighted by Gasteiger charge is 2.16. The van der Waals surface area contributed by atoms with E-state index in [0.717, 1.165) is 19.1 Å². The Morgan fingerprint density at radius 2 is 2.00 bits per heavy atom. The Morgan fingerprint density at radius 1 is 1.32 bits per heavy atom. The first-order valence-electron chi connectivity index (χ1n) is 6.33. The van der Waals surface area contributed by atoms with Gasteiger partial charge in [0.05, 0.1) is 0 Å². The Balaban J connectivity index is 1.74. The molecular weight excluding hydrogens is 246 g/mol. The fourth-order valence-electron chi connectivity index (χ4n) is 1.90. The minimum Gasteiger partial charge on any atom is -0.484 e. The van der Waals surface area contributed by atoms with Crippen LogP contribution in [-0.2, 0) is 9.53 Å². The first-order valence-corrected chi connectivity index (χ1v) is 6.33. The van der Waals surface area contributed by atoms with Crippen LogP contribution in [-0.4, -0.2) is 38.1 Å². The Kier molecular flexibility index (Phi) is 4.92. The average molecular weight is 263 g/mol. The van der Waals surface area contributed by atoms with E-state index in [1.54, 1.807) is 24.3 Å². The zero-order valence-electron chi connectivity index (χ0n) is 10.6. The first kappa shape index (κ1) is 13.5. The van der Waals surface area contributed by atoms with Crippen LogP contribution >= 0.6 is 0 Å². The van der Waals surface area contributed by atoms with Crippen LogP contribution in [0.25, 0.3) is 0 Å². The van der Waals surface area contributed by atoms with Crippen molar-refractivity contribution in [3.05, 3.63) is 29.8 Å². The summed E-state index contributed by atoms with van der Waals surface area (Å²) in [5, 5.41) is 2.91. The van der Waals surface area contributed by atoms with E-state index in [4.69, 9.17) is 9.47 Å². The Bertz CT molecular complexity index is 424. The van der Waals surface area contributed by atoms with Gasteiger partial charge in [-0.1, -0.05) is 0 Å². The molecule has 102 valence electrons. The molecule has 0 spiro atoms. The molecule has 5 heteroatoms. The van der Waals surface area contributed by atoms with Gasteiger partial charge in [0.15, 0.2) is 6.61 Å². The molecule has 1 aliphatic heterocycles. The summed E-state index contributed by atoms with van der Waals surface area (Å²) in [6.45, 7) is 1.37. The Hall–Kier alpha value is -1.88. The van der Waals surface area contributed by atoms with Crippen LogP contribution in [0.1, 0.15) is 23.2 Å². The predicted molar refractivity (Wildman–Crippen MR) is 69.3 cm³/mol. The van der Waals surface area contributed by atoms with Crippen molar-refractivity contribution in [2.24, 2.45) is 0 Å². The summed E-state index contributed by atoms with van der Waals surface area (Å²) in [7, 11) is 0. The second kappa shape index (κ2) is 6.89. The zero-order chi connectivity index (χ0) is 13.5. The largest absolute Gasteiger partial charge is 0.484 e. The molecule has 1 N–H and O–H groups in total. The molecule has 1 heterocycles. The van der Waals surface area contributed by atoms with Crippen LogP contribution in [0.2, 0.25) is 0 Å². The molecule has 2 rings (SSSR count). The first-order chi connectivity index (χ1) is 9.28. The third kappa shape index (κ3) is 4.37. The molecule has 0 saturated carbocycles. The number of rotatable bonds is 5. The third-order valence-corrected chi connectivity index (χ3v) is 2.97. The molecule has 0 aromatic heterocycles. The number of aldehydes is 1. The minimum atomic E-state index is -0.133. The molecule has 1 aliphatic rings. The van der Waals surface area contributed by atoms with Gasteiger partial charge in [-0.3, -0.25) is 9.59 Å². The van der Waals surface area contributed by atoms with Crippen molar-refractivity contribution in [3.63, 3.8) is 0 Å². The molecule has 1 saturated heterocycles. The van der Waals surface area contributed by atoms with E-state index in [-0.39, 0.29) is 18.6 Å². The van der Waals surface area contributed by atoms with Crippen molar-refractivity contribution in [2.45, 2.75) is 18.9 Å². The van der Waals surface area contributed by atoms with Crippen LogP contribution in [0, 0.1) is 0 Å². The molecule has 1 aromatic rings. The van der Waals surface area contributed by atoms with Gasteiger partial charge in [0.2, 0.25) is 0 Å². The molecule has 0 aliphatic carbocycles. The van der Waals surface area contributed by atoms with E-state index in [9.17, 15) is 9.59 Å². The molecule has 0 atom stereocenters. The lowest BCUT2D eigenvalue weighted by atomic mass is 10.1. The van der Waals surface area contributed by atoms with Gasteiger partial charge in [0.1, 0.15) is 12.0 Å². The van der Waals surface area contributed by atoms with Crippen molar-refractivity contribution in [3.8, 4) is 5.75 Å². The topological polar surface area (TPSA) is 64.6 Å². The summed E-state index contributed by atoms with van der Waals surface area (Å²) >= 11 is 0. The van der Waals surface area contributed by atoms with Crippen LogP contribution in [0.3, 0.4) is 0 Å². The van der Waals surface area contributed by atoms with Gasteiger partial charge in [-0.15, -0.1) is 0 Å². The monoisotopic (exact) mass is 263 g/mol. The Morgan fingerprint density at radius 3 is 2.63 bits per heavy atom. The summed E-state index contributed by atoms with van der Waals surface area (Å²) < 4.78 is 10.6. The van der Waals surface area contributed by atoms with Crippen molar-refractivity contribution >= 4 is 12.2 Å². The summed E-state index contributed by atoms with van der Waals surface area (Å²) in [6.07, 6.45) is 2.46. The van der Waals surface area contributed by atoms with Gasteiger partial charge < -0.3 is 14.8 Å². The SMILES string of the molecule is O=Cc1ccc(OCC(=O)NC2CCOCC2)cc1. The molecular formula is C14H17NO4. The minimum absolute atomic E-state index is 0.0161. The van der Waals surface area contributed by atoms with Gasteiger partial charge in [0, 0.05) is 24.8 Å². The molecule has 1 amide bonds. The van der Waals surface area contributed by atoms with Gasteiger partial charge in [0.25, 0.3) is 5.91 Å². The molecule has 1 fully saturated rings. The molecule has 0 radical (unpaired) electrons. The van der Waals surface area contributed by atoms with Crippen LogP contribution in [0.4, 0.5) is 0 Å². The van der Waals surface area contributed by atoms with E-state index < -0.39 is 0 Å². The maximum atomic E-state index is 11.7. The second-order valence-electron chi connectivity index (χ2n) is 4.43. The number of carbonyl (C=O) groups excluding carboxylic acids is 2. The molecule has 0 unspecified atom stereocenters. The van der Waals surface area contributed by atoms with Crippen molar-refractivity contribution in [1.82, 2.24) is 5.32 Å². The lowest BCUT2D eigenvalue weighted by Gasteiger charge is -2.23. The van der Waals surface area contributed by atoms with Crippen LogP contribution in [0.5, 0.6) is 5.75 Å². The fourth-order valence-corrected chi connectivity index (χ4v) is 1.90. The van der Waals surface area contributed by atoms with Crippen LogP contribution in [0.15, 0.2) is 24.3 Å². The number of ether oxygens (including phenoxy) is 2. The van der Waals surface area contributed by atoms with Crippen molar-refractivity contribution < 1.29 is 19.1 Å². The smallest absolute Gasteiger partial charge is 0.258 e. The molecule has 0 bridgehead atoms. The summed E-state index contributed by atoms with van der Waals surface area (Å²) in [5.41, 5.74) is 0.582. The van der Waals surface area contributed by atoms with Crippen LogP contribution < -0.4 is 10.1 Å². The molecule has 1 aromatic carbocycles. The predicted octanol–water partition coefficient (Wildman–Crippen LogP) is 1.17. The van der Waals surface area contributed by atoms with E-state index in [0.29, 0.717) is 24.5 Å². The third-order valence-electron chi connectivity index (χ3n) is 2.97. The lowest BCUT2D eigenvalue weighted by Crippen LogP contribution is -2.41. The van der Waals surface area contributed by atoms with Gasteiger partial charge in [-0.2, -0.15) is 0 Å². The van der Waals surface area contributed by atoms with E-state index in [2.05, 4.69) is 5.32 Å². The summed E-state index contributed by atoms with van der Waals surface area (Å²) in [6, 6.07) is 6.83. The zero-order valence-corrected chi connectivity index (χ0v) is 10.6. The highest BCUT2D eigenvalue weighted by molar-refractivity contribution is 5.78. The van der Waals surface area contributed by atoms with Gasteiger partial charge in [-0.25, -0.2) is 0 Å². The quantitative estimate of drug-likeness (QED) is 0.810. The van der Waals surface area contributed by atoms with Gasteiger partial charge in [-0.05, 0) is 37.1 Å². The summed E-state index contributed by atoms with van der Waals surface area (Å²) in [4.78, 5) is 22.2. The highest BCUT2D eigenvalue weighted by atomic mass is 16.5. The fraction of sp³-hybridized carbons (Fsp3) is 0.429. The number of carbonyl (C=O) groups is 2. The Labute approximate surface area is 111 Å². The number of nitrogens with one attached hydrogen (secondary N) is 1. The van der Waals surface area contributed by atoms with E-state index in [1.807, 2.05) is 0 Å². The number of benzene rings is 1. The maximum absolute atomic E-state index is 11.7. The lowest BCUT2D eigenvalue weighted by molar-refractivity contribution is -0.124. The maximum Gasteiger partial charge on any atom is 0.258 e. The second-order valence-corrected chi connectivity index (χ2v) is 4.43. The number of hydrogen-bond donors (Lipinski definition) is 1. The van der Waals surface area contributed by atoms with E-state index >= 15 is 0 Å².